The lowest BCUT2D eigenvalue weighted by molar-refractivity contribution is -0.0179. The van der Waals surface area contributed by atoms with Crippen LogP contribution >= 0.6 is 22.6 Å². The third-order valence-corrected chi connectivity index (χ3v) is 13.2. The van der Waals surface area contributed by atoms with Gasteiger partial charge in [0.2, 0.25) is 0 Å². The highest BCUT2D eigenvalue weighted by Crippen LogP contribution is 2.59. The predicted octanol–water partition coefficient (Wildman–Crippen LogP) is 6.66. The largest absolute Gasteiger partial charge is 0.414 e. The minimum atomic E-state index is -1.64. The second kappa shape index (κ2) is 6.66. The summed E-state index contributed by atoms with van der Waals surface area (Å²) in [5.74, 6) is 2.59. The van der Waals surface area contributed by atoms with Gasteiger partial charge in [0, 0.05) is 10.5 Å². The molecule has 0 N–H and O–H groups in total. The van der Waals surface area contributed by atoms with Gasteiger partial charge in [0.1, 0.15) is 0 Å². The van der Waals surface area contributed by atoms with Gasteiger partial charge in [-0.05, 0) is 67.0 Å². The van der Waals surface area contributed by atoms with E-state index in [-0.39, 0.29) is 0 Å². The van der Waals surface area contributed by atoms with Crippen molar-refractivity contribution >= 4 is 30.9 Å². The molecular weight excluding hydrogens is 399 g/mol. The zero-order chi connectivity index (χ0) is 16.8. The van der Waals surface area contributed by atoms with Crippen LogP contribution in [0.2, 0.25) is 18.1 Å². The average Bonchev–Trinajstić information content (AvgIpc) is 2.74. The molecule has 2 fully saturated rings. The smallest absolute Gasteiger partial charge is 0.192 e. The second-order valence-corrected chi connectivity index (χ2v) is 15.4. The average molecular weight is 436 g/mol. The van der Waals surface area contributed by atoms with E-state index in [9.17, 15) is 0 Å². The molecule has 3 heteroatoms. The minimum absolute atomic E-state index is 0.328. The van der Waals surface area contributed by atoms with E-state index in [1.54, 1.807) is 0 Å². The number of hydrogen-bond donors (Lipinski definition) is 0. The van der Waals surface area contributed by atoms with Crippen LogP contribution in [0.1, 0.15) is 66.7 Å². The molecule has 0 radical (unpaired) electrons. The Hall–Kier alpha value is 0.907. The van der Waals surface area contributed by atoms with Crippen LogP contribution in [0.4, 0.5) is 0 Å². The number of halogens is 1. The third kappa shape index (κ3) is 3.46. The molecule has 2 rings (SSSR count). The molecule has 0 bridgehead atoms. The van der Waals surface area contributed by atoms with Gasteiger partial charge in [0.15, 0.2) is 8.32 Å². The van der Waals surface area contributed by atoms with Gasteiger partial charge in [0.25, 0.3) is 0 Å². The van der Waals surface area contributed by atoms with E-state index < -0.39 is 8.32 Å². The van der Waals surface area contributed by atoms with Crippen LogP contribution in [-0.2, 0) is 4.43 Å². The molecule has 5 atom stereocenters. The van der Waals surface area contributed by atoms with Crippen molar-refractivity contribution in [2.45, 2.75) is 91.0 Å². The molecule has 1 nitrogen and oxygen atoms in total. The van der Waals surface area contributed by atoms with Crippen molar-refractivity contribution in [1.29, 1.82) is 0 Å². The maximum absolute atomic E-state index is 6.92. The van der Waals surface area contributed by atoms with Crippen LogP contribution in [0.25, 0.3) is 0 Å². The number of rotatable bonds is 4. The Kier molecular flexibility index (Phi) is 5.83. The fourth-order valence-corrected chi connectivity index (χ4v) is 6.90. The summed E-state index contributed by atoms with van der Waals surface area (Å²) in [6, 6.07) is 0. The Morgan fingerprint density at radius 3 is 2.41 bits per heavy atom. The summed E-state index contributed by atoms with van der Waals surface area (Å²) in [6.07, 6.45) is 7.48. The first-order valence-electron chi connectivity index (χ1n) is 9.27. The molecule has 0 aromatic carbocycles. The number of alkyl halides is 1. The Bertz CT molecular complexity index is 389. The Balaban J connectivity index is 2.17. The Morgan fingerprint density at radius 1 is 1.23 bits per heavy atom. The van der Waals surface area contributed by atoms with Crippen molar-refractivity contribution in [3.63, 3.8) is 0 Å². The molecule has 2 saturated carbocycles. The molecule has 0 aromatic heterocycles. The molecule has 2 aliphatic rings. The van der Waals surface area contributed by atoms with Gasteiger partial charge in [-0.2, -0.15) is 0 Å². The Labute approximate surface area is 153 Å². The summed E-state index contributed by atoms with van der Waals surface area (Å²) in [7, 11) is -1.64. The fourth-order valence-electron chi connectivity index (χ4n) is 4.90. The molecule has 0 aromatic rings. The lowest BCUT2D eigenvalue weighted by Gasteiger charge is -2.49. The zero-order valence-corrected chi connectivity index (χ0v) is 19.0. The maximum atomic E-state index is 6.92. The van der Waals surface area contributed by atoms with E-state index >= 15 is 0 Å². The highest BCUT2D eigenvalue weighted by Gasteiger charge is 2.54. The van der Waals surface area contributed by atoms with Crippen LogP contribution in [0, 0.1) is 23.2 Å². The van der Waals surface area contributed by atoms with Crippen LogP contribution in [-0.4, -0.2) is 18.8 Å². The van der Waals surface area contributed by atoms with Crippen molar-refractivity contribution in [2.75, 3.05) is 4.43 Å². The monoisotopic (exact) mass is 436 g/mol. The van der Waals surface area contributed by atoms with Gasteiger partial charge in [-0.3, -0.25) is 0 Å². The first kappa shape index (κ1) is 19.2. The van der Waals surface area contributed by atoms with Gasteiger partial charge in [-0.15, -0.1) is 0 Å². The summed E-state index contributed by atoms with van der Waals surface area (Å²) >= 11 is 2.59. The van der Waals surface area contributed by atoms with Gasteiger partial charge < -0.3 is 4.43 Å². The lowest BCUT2D eigenvalue weighted by Crippen LogP contribution is -2.50. The van der Waals surface area contributed by atoms with Crippen LogP contribution < -0.4 is 0 Å². The second-order valence-electron chi connectivity index (χ2n) is 9.74. The summed E-state index contributed by atoms with van der Waals surface area (Å²) in [5, 5.41) is 0.328. The van der Waals surface area contributed by atoms with Crippen LogP contribution in [0.15, 0.2) is 0 Å². The Morgan fingerprint density at radius 2 is 1.86 bits per heavy atom. The van der Waals surface area contributed by atoms with E-state index in [0.717, 1.165) is 17.8 Å². The van der Waals surface area contributed by atoms with Crippen molar-refractivity contribution in [1.82, 2.24) is 0 Å². The van der Waals surface area contributed by atoms with E-state index in [2.05, 4.69) is 70.3 Å². The van der Waals surface area contributed by atoms with Gasteiger partial charge in [-0.25, -0.2) is 0 Å². The molecule has 0 saturated heterocycles. The quantitative estimate of drug-likeness (QED) is 0.272. The lowest BCUT2D eigenvalue weighted by atomic mass is 9.62. The van der Waals surface area contributed by atoms with E-state index in [1.807, 2.05) is 0 Å². The predicted molar refractivity (Wildman–Crippen MR) is 108 cm³/mol. The van der Waals surface area contributed by atoms with E-state index in [0.29, 0.717) is 16.6 Å². The van der Waals surface area contributed by atoms with Gasteiger partial charge in [-0.1, -0.05) is 63.6 Å². The molecular formula is C19H37IOSi. The van der Waals surface area contributed by atoms with E-state index in [4.69, 9.17) is 4.43 Å². The summed E-state index contributed by atoms with van der Waals surface area (Å²) in [4.78, 5) is 0. The fraction of sp³-hybridized carbons (Fsp3) is 1.00. The minimum Gasteiger partial charge on any atom is -0.414 e. The first-order valence-corrected chi connectivity index (χ1v) is 13.7. The maximum Gasteiger partial charge on any atom is 0.192 e. The number of hydrogen-bond acceptors (Lipinski definition) is 1. The normalized spacial score (nSPS) is 37.9. The molecule has 2 aliphatic carbocycles. The van der Waals surface area contributed by atoms with E-state index in [1.165, 1.54) is 36.5 Å². The number of fused-ring (bicyclic) bond motifs is 1. The first-order chi connectivity index (χ1) is 10.0. The van der Waals surface area contributed by atoms with Gasteiger partial charge >= 0.3 is 0 Å². The standard InChI is InChI=1S/C19H37IOSi/c1-14(13-20)15-10-11-16-17(9-8-12-19(15,16)5)21-22(6,7)18(2,3)4/h14-17H,8-13H2,1-7H3/t14-,15-,16-,17+,19-/m1/s1. The third-order valence-electron chi connectivity index (χ3n) is 7.32. The van der Waals surface area contributed by atoms with Gasteiger partial charge in [0.05, 0.1) is 0 Å². The highest BCUT2D eigenvalue weighted by atomic mass is 127. The highest BCUT2D eigenvalue weighted by molar-refractivity contribution is 14.1. The summed E-state index contributed by atoms with van der Waals surface area (Å²) < 4.78 is 8.23. The molecule has 0 unspecified atom stereocenters. The molecule has 0 spiro atoms. The van der Waals surface area contributed by atoms with Crippen molar-refractivity contribution in [3.8, 4) is 0 Å². The van der Waals surface area contributed by atoms with Crippen molar-refractivity contribution in [2.24, 2.45) is 23.2 Å². The molecule has 0 amide bonds. The van der Waals surface area contributed by atoms with Crippen LogP contribution in [0.3, 0.4) is 0 Å². The summed E-state index contributed by atoms with van der Waals surface area (Å²) in [6.45, 7) is 17.0. The zero-order valence-electron chi connectivity index (χ0n) is 15.8. The molecule has 22 heavy (non-hydrogen) atoms. The van der Waals surface area contributed by atoms with Crippen molar-refractivity contribution < 1.29 is 4.43 Å². The SMILES string of the molecule is C[C@H](CI)[C@H]1CC[C@@H]2[C@@H](O[Si](C)(C)C(C)(C)C)CCC[C@]12C. The van der Waals surface area contributed by atoms with Crippen LogP contribution in [0.5, 0.6) is 0 Å². The summed E-state index contributed by atoms with van der Waals surface area (Å²) in [5.41, 5.74) is 0.538. The molecule has 0 aliphatic heterocycles. The molecule has 0 heterocycles. The molecule has 130 valence electrons. The topological polar surface area (TPSA) is 9.23 Å². The van der Waals surface area contributed by atoms with Crippen molar-refractivity contribution in [3.05, 3.63) is 0 Å².